The Morgan fingerprint density at radius 2 is 2.08 bits per heavy atom. The van der Waals surface area contributed by atoms with E-state index in [1.807, 2.05) is 0 Å². The van der Waals surface area contributed by atoms with Crippen LogP contribution in [-0.2, 0) is 19.3 Å². The Kier molecular flexibility index (Phi) is 3.84. The molecule has 3 aromatic rings. The van der Waals surface area contributed by atoms with Crippen molar-refractivity contribution in [1.82, 2.24) is 15.0 Å². The molecule has 24 heavy (non-hydrogen) atoms. The van der Waals surface area contributed by atoms with Gasteiger partial charge in [-0.3, -0.25) is 0 Å². The van der Waals surface area contributed by atoms with Crippen LogP contribution in [0, 0.1) is 5.92 Å². The maximum Gasteiger partial charge on any atom is 0.229 e. The number of hydrogen-bond acceptors (Lipinski definition) is 6. The number of pyridine rings is 1. The first-order valence-corrected chi connectivity index (χ1v) is 8.61. The number of aryl methyl sites for hydroxylation is 1. The highest BCUT2D eigenvalue weighted by Crippen LogP contribution is 2.38. The zero-order chi connectivity index (χ0) is 16.7. The van der Waals surface area contributed by atoms with E-state index in [0.29, 0.717) is 29.6 Å². The van der Waals surface area contributed by atoms with Crippen molar-refractivity contribution in [3.8, 4) is 0 Å². The number of rotatable bonds is 5. The molecule has 1 aliphatic carbocycles. The van der Waals surface area contributed by atoms with Gasteiger partial charge in [-0.15, -0.1) is 0 Å². The van der Waals surface area contributed by atoms with E-state index < -0.39 is 0 Å². The average molecular weight is 326 g/mol. The highest BCUT2D eigenvalue weighted by Gasteiger charge is 2.25. The summed E-state index contributed by atoms with van der Waals surface area (Å²) < 4.78 is 6.05. The first kappa shape index (κ1) is 15.3. The molecule has 0 atom stereocenters. The number of aliphatic hydroxyl groups excluding tert-OH is 1. The molecule has 0 unspecified atom stereocenters. The lowest BCUT2D eigenvalue weighted by atomic mass is 9.99. The summed E-state index contributed by atoms with van der Waals surface area (Å²) in [5, 5.41) is 13.2. The van der Waals surface area contributed by atoms with E-state index in [1.54, 1.807) is 6.33 Å². The lowest BCUT2D eigenvalue weighted by molar-refractivity contribution is 0.311. The number of aliphatic hydroxyl groups is 1. The zero-order valence-corrected chi connectivity index (χ0v) is 14.1. The van der Waals surface area contributed by atoms with E-state index in [4.69, 9.17) is 14.5 Å². The molecule has 6 heteroatoms. The predicted molar refractivity (Wildman–Crippen MR) is 93.2 cm³/mol. The Morgan fingerprint density at radius 1 is 1.25 bits per heavy atom. The molecule has 0 aliphatic heterocycles. The van der Waals surface area contributed by atoms with Crippen molar-refractivity contribution in [2.75, 3.05) is 18.5 Å². The maximum atomic E-state index is 9.04. The van der Waals surface area contributed by atoms with Gasteiger partial charge >= 0.3 is 0 Å². The summed E-state index contributed by atoms with van der Waals surface area (Å²) >= 11 is 0. The number of fused-ring (bicyclic) bond motifs is 5. The van der Waals surface area contributed by atoms with Gasteiger partial charge in [-0.05, 0) is 42.7 Å². The number of furan rings is 1. The zero-order valence-electron chi connectivity index (χ0n) is 14.1. The third kappa shape index (κ3) is 2.41. The number of hydrogen-bond donors (Lipinski definition) is 2. The van der Waals surface area contributed by atoms with Crippen LogP contribution < -0.4 is 5.32 Å². The summed E-state index contributed by atoms with van der Waals surface area (Å²) in [4.78, 5) is 13.5. The van der Waals surface area contributed by atoms with E-state index in [9.17, 15) is 0 Å². The Balaban J connectivity index is 1.96. The summed E-state index contributed by atoms with van der Waals surface area (Å²) in [5.41, 5.74) is 6.02. The van der Waals surface area contributed by atoms with Crippen LogP contribution in [0.2, 0.25) is 0 Å². The normalized spacial score (nSPS) is 14.0. The van der Waals surface area contributed by atoms with E-state index >= 15 is 0 Å². The molecule has 6 nitrogen and oxygen atoms in total. The van der Waals surface area contributed by atoms with Gasteiger partial charge in [-0.2, -0.15) is 0 Å². The number of anilines is 1. The first-order chi connectivity index (χ1) is 11.7. The lowest BCUT2D eigenvalue weighted by Gasteiger charge is -2.10. The van der Waals surface area contributed by atoms with Crippen molar-refractivity contribution < 1.29 is 9.52 Å². The summed E-state index contributed by atoms with van der Waals surface area (Å²) in [5.74, 6) is 1.18. The fourth-order valence-corrected chi connectivity index (χ4v) is 3.63. The topological polar surface area (TPSA) is 84.1 Å². The smallest absolute Gasteiger partial charge is 0.229 e. The third-order valence-corrected chi connectivity index (χ3v) is 4.56. The van der Waals surface area contributed by atoms with Gasteiger partial charge in [0, 0.05) is 12.2 Å². The van der Waals surface area contributed by atoms with Crippen LogP contribution in [0.3, 0.4) is 0 Å². The lowest BCUT2D eigenvalue weighted by Crippen LogP contribution is -2.07. The minimum Gasteiger partial charge on any atom is -0.432 e. The van der Waals surface area contributed by atoms with Crippen LogP contribution in [0.15, 0.2) is 10.7 Å². The molecular formula is C18H22N4O2. The van der Waals surface area contributed by atoms with Crippen molar-refractivity contribution in [2.24, 2.45) is 5.92 Å². The van der Waals surface area contributed by atoms with Crippen LogP contribution >= 0.6 is 0 Å². The quantitative estimate of drug-likeness (QED) is 0.750. The molecule has 0 saturated heterocycles. The summed E-state index contributed by atoms with van der Waals surface area (Å²) in [6.07, 6.45) is 5.82. The van der Waals surface area contributed by atoms with Crippen molar-refractivity contribution >= 4 is 28.0 Å². The summed E-state index contributed by atoms with van der Waals surface area (Å²) in [6, 6.07) is 0. The van der Waals surface area contributed by atoms with E-state index in [-0.39, 0.29) is 6.61 Å². The summed E-state index contributed by atoms with van der Waals surface area (Å²) in [7, 11) is 0. The van der Waals surface area contributed by atoms with Crippen molar-refractivity contribution in [3.63, 3.8) is 0 Å². The van der Waals surface area contributed by atoms with Gasteiger partial charge in [0.1, 0.15) is 11.8 Å². The highest BCUT2D eigenvalue weighted by atomic mass is 16.3. The first-order valence-electron chi connectivity index (χ1n) is 8.61. The molecule has 126 valence electrons. The van der Waals surface area contributed by atoms with Gasteiger partial charge in [-0.25, -0.2) is 15.0 Å². The fraction of sp³-hybridized carbons (Fsp3) is 0.500. The number of nitrogens with zero attached hydrogens (tertiary/aromatic N) is 3. The molecule has 0 spiro atoms. The van der Waals surface area contributed by atoms with Crippen molar-refractivity contribution in [2.45, 2.75) is 39.5 Å². The van der Waals surface area contributed by atoms with Gasteiger partial charge in [0.15, 0.2) is 11.4 Å². The molecule has 0 bridgehead atoms. The van der Waals surface area contributed by atoms with Crippen LogP contribution in [0.1, 0.15) is 37.1 Å². The molecule has 0 aromatic carbocycles. The molecule has 4 rings (SSSR count). The number of nitrogens with one attached hydrogen (secondary N) is 1. The second-order valence-corrected chi connectivity index (χ2v) is 6.80. The molecule has 0 radical (unpaired) electrons. The SMILES string of the molecule is CC(C)Cc1nc2oc3c(NCCO)ncnc3c2c2c1CCC2. The average Bonchev–Trinajstić information content (AvgIpc) is 3.16. The Hall–Kier alpha value is -2.21. The van der Waals surface area contributed by atoms with Crippen LogP contribution in [-0.4, -0.2) is 33.2 Å². The standard InChI is InChI=1S/C18H22N4O2/c1-10(2)8-13-11-4-3-5-12(11)14-15-16(24-18(14)22-13)17(19-6-7-23)21-9-20-15/h9-10,23H,3-8H2,1-2H3,(H,19,20,21). The largest absolute Gasteiger partial charge is 0.432 e. The van der Waals surface area contributed by atoms with Crippen molar-refractivity contribution in [3.05, 3.63) is 23.1 Å². The highest BCUT2D eigenvalue weighted by molar-refractivity contribution is 6.06. The Bertz CT molecular complexity index is 901. The van der Waals surface area contributed by atoms with Crippen molar-refractivity contribution in [1.29, 1.82) is 0 Å². The van der Waals surface area contributed by atoms with Gasteiger partial charge in [0.25, 0.3) is 0 Å². The monoisotopic (exact) mass is 326 g/mol. The molecule has 0 saturated carbocycles. The Labute approximate surface area is 140 Å². The molecular weight excluding hydrogens is 304 g/mol. The molecule has 0 amide bonds. The van der Waals surface area contributed by atoms with Crippen LogP contribution in [0.4, 0.5) is 5.82 Å². The van der Waals surface area contributed by atoms with Gasteiger partial charge in [-0.1, -0.05) is 13.8 Å². The van der Waals surface area contributed by atoms with Gasteiger partial charge in [0.05, 0.1) is 12.0 Å². The third-order valence-electron chi connectivity index (χ3n) is 4.56. The molecule has 1 aliphatic rings. The molecule has 0 fully saturated rings. The fourth-order valence-electron chi connectivity index (χ4n) is 3.63. The predicted octanol–water partition coefficient (Wildman–Crippen LogP) is 2.86. The number of aromatic nitrogens is 3. The Morgan fingerprint density at radius 3 is 2.88 bits per heavy atom. The van der Waals surface area contributed by atoms with E-state index in [2.05, 4.69) is 29.1 Å². The van der Waals surface area contributed by atoms with Crippen LogP contribution in [0.5, 0.6) is 0 Å². The van der Waals surface area contributed by atoms with E-state index in [0.717, 1.165) is 36.6 Å². The second-order valence-electron chi connectivity index (χ2n) is 6.80. The molecule has 3 aromatic heterocycles. The maximum absolute atomic E-state index is 9.04. The molecule has 3 heterocycles. The van der Waals surface area contributed by atoms with Gasteiger partial charge in [0.2, 0.25) is 5.71 Å². The van der Waals surface area contributed by atoms with Crippen LogP contribution in [0.25, 0.3) is 22.2 Å². The second kappa shape index (κ2) is 6.02. The minimum atomic E-state index is 0.0396. The minimum absolute atomic E-state index is 0.0396. The summed E-state index contributed by atoms with van der Waals surface area (Å²) in [6.45, 7) is 4.90. The van der Waals surface area contributed by atoms with Gasteiger partial charge < -0.3 is 14.8 Å². The molecule has 2 N–H and O–H groups in total. The van der Waals surface area contributed by atoms with E-state index in [1.165, 1.54) is 16.8 Å².